The van der Waals surface area contributed by atoms with E-state index in [9.17, 15) is 9.59 Å². The van der Waals surface area contributed by atoms with Gasteiger partial charge in [0.15, 0.2) is 5.82 Å². The number of carboxylic acids is 1. The first-order valence-corrected chi connectivity index (χ1v) is 6.80. The zero-order valence-electron chi connectivity index (χ0n) is 11.9. The van der Waals surface area contributed by atoms with Gasteiger partial charge in [-0.15, -0.1) is 0 Å². The topological polar surface area (TPSA) is 112 Å². The van der Waals surface area contributed by atoms with E-state index in [0.717, 1.165) is 0 Å². The van der Waals surface area contributed by atoms with Gasteiger partial charge in [-0.3, -0.25) is 9.69 Å². The van der Waals surface area contributed by atoms with Crippen LogP contribution in [0.1, 0.15) is 11.7 Å². The quantitative estimate of drug-likeness (QED) is 0.741. The van der Waals surface area contributed by atoms with E-state index < -0.39 is 5.97 Å². The summed E-state index contributed by atoms with van der Waals surface area (Å²) >= 11 is 0. The minimum absolute atomic E-state index is 0.0198. The third-order valence-corrected chi connectivity index (χ3v) is 3.20. The van der Waals surface area contributed by atoms with Gasteiger partial charge in [-0.1, -0.05) is 5.16 Å². The summed E-state index contributed by atoms with van der Waals surface area (Å²) in [6, 6.07) is -0.152. The van der Waals surface area contributed by atoms with E-state index >= 15 is 0 Å². The normalized spacial score (nSPS) is 16.0. The number of aliphatic carboxylic acids is 1. The Morgan fingerprint density at radius 3 is 2.62 bits per heavy atom. The van der Waals surface area contributed by atoms with Crippen LogP contribution < -0.4 is 5.32 Å². The van der Waals surface area contributed by atoms with Gasteiger partial charge >= 0.3 is 12.0 Å². The Kier molecular flexibility index (Phi) is 5.09. The molecule has 1 saturated heterocycles. The van der Waals surface area contributed by atoms with Crippen molar-refractivity contribution in [1.29, 1.82) is 0 Å². The van der Waals surface area contributed by atoms with Crippen molar-refractivity contribution in [1.82, 2.24) is 25.3 Å². The molecule has 1 aliphatic heterocycles. The largest absolute Gasteiger partial charge is 0.480 e. The van der Waals surface area contributed by atoms with Gasteiger partial charge in [-0.2, -0.15) is 4.98 Å². The minimum atomic E-state index is -0.845. The number of amides is 2. The second kappa shape index (κ2) is 7.02. The highest BCUT2D eigenvalue weighted by Crippen LogP contribution is 2.02. The fourth-order valence-electron chi connectivity index (χ4n) is 2.13. The second-order valence-electron chi connectivity index (χ2n) is 4.87. The molecule has 2 N–H and O–H groups in total. The van der Waals surface area contributed by atoms with E-state index in [-0.39, 0.29) is 12.6 Å². The van der Waals surface area contributed by atoms with E-state index in [2.05, 4.69) is 15.5 Å². The van der Waals surface area contributed by atoms with Gasteiger partial charge < -0.3 is 19.8 Å². The summed E-state index contributed by atoms with van der Waals surface area (Å²) in [5.74, 6) is 0.229. The summed E-state index contributed by atoms with van der Waals surface area (Å²) in [5, 5.41) is 15.2. The molecule has 0 aliphatic carbocycles. The number of rotatable bonds is 5. The fourth-order valence-corrected chi connectivity index (χ4v) is 2.13. The Morgan fingerprint density at radius 1 is 1.33 bits per heavy atom. The monoisotopic (exact) mass is 297 g/mol. The number of aryl methyl sites for hydroxylation is 1. The van der Waals surface area contributed by atoms with Crippen LogP contribution in [0.3, 0.4) is 0 Å². The first-order valence-electron chi connectivity index (χ1n) is 6.80. The number of carbonyl (C=O) groups excluding carboxylic acids is 1. The van der Waals surface area contributed by atoms with E-state index in [1.807, 2.05) is 4.90 Å². The molecule has 1 fully saturated rings. The number of hydrogen-bond donors (Lipinski definition) is 2. The lowest BCUT2D eigenvalue weighted by Gasteiger charge is -2.33. The Labute approximate surface area is 121 Å². The van der Waals surface area contributed by atoms with Crippen molar-refractivity contribution in [2.75, 3.05) is 39.3 Å². The highest BCUT2D eigenvalue weighted by Gasteiger charge is 2.21. The van der Waals surface area contributed by atoms with Crippen LogP contribution in [0.15, 0.2) is 4.52 Å². The van der Waals surface area contributed by atoms with E-state index in [4.69, 9.17) is 9.63 Å². The van der Waals surface area contributed by atoms with Gasteiger partial charge in [-0.05, 0) is 6.92 Å². The molecule has 0 spiro atoms. The summed E-state index contributed by atoms with van der Waals surface area (Å²) in [6.07, 6.45) is 0.492. The molecule has 2 heterocycles. The van der Waals surface area contributed by atoms with Gasteiger partial charge in [0.25, 0.3) is 0 Å². The molecular formula is C12H19N5O4. The van der Waals surface area contributed by atoms with Gasteiger partial charge in [0.05, 0.1) is 6.54 Å². The zero-order chi connectivity index (χ0) is 15.2. The Balaban J connectivity index is 1.66. The summed E-state index contributed by atoms with van der Waals surface area (Å²) < 4.78 is 4.95. The van der Waals surface area contributed by atoms with Crippen molar-refractivity contribution >= 4 is 12.0 Å². The van der Waals surface area contributed by atoms with Crippen LogP contribution in [-0.4, -0.2) is 76.3 Å². The fraction of sp³-hybridized carbons (Fsp3) is 0.667. The molecule has 0 unspecified atom stereocenters. The molecule has 0 atom stereocenters. The lowest BCUT2D eigenvalue weighted by molar-refractivity contribution is -0.138. The van der Waals surface area contributed by atoms with Crippen molar-refractivity contribution in [3.05, 3.63) is 11.7 Å². The molecule has 1 aromatic heterocycles. The van der Waals surface area contributed by atoms with Crippen molar-refractivity contribution in [3.63, 3.8) is 0 Å². The number of nitrogens with one attached hydrogen (secondary N) is 1. The van der Waals surface area contributed by atoms with Gasteiger partial charge in [0.1, 0.15) is 0 Å². The van der Waals surface area contributed by atoms with Gasteiger partial charge in [-0.25, -0.2) is 4.79 Å². The molecule has 21 heavy (non-hydrogen) atoms. The first-order chi connectivity index (χ1) is 10.0. The zero-order valence-corrected chi connectivity index (χ0v) is 11.9. The first kappa shape index (κ1) is 15.2. The summed E-state index contributed by atoms with van der Waals surface area (Å²) in [5.41, 5.74) is 0. The van der Waals surface area contributed by atoms with Crippen LogP contribution in [0.25, 0.3) is 0 Å². The Hall–Kier alpha value is -2.16. The van der Waals surface area contributed by atoms with Crippen LogP contribution in [0, 0.1) is 6.92 Å². The van der Waals surface area contributed by atoms with Crippen molar-refractivity contribution < 1.29 is 19.2 Å². The molecule has 2 amide bonds. The maximum Gasteiger partial charge on any atom is 0.317 e. The smallest absolute Gasteiger partial charge is 0.317 e. The standard InChI is InChI=1S/C12H19N5O4/c1-9-14-10(21-15-9)2-3-13-12(20)17-6-4-16(5-7-17)8-11(18)19/h2-8H2,1H3,(H,13,20)(H,18,19). The Bertz CT molecular complexity index is 496. The highest BCUT2D eigenvalue weighted by atomic mass is 16.5. The van der Waals surface area contributed by atoms with Crippen LogP contribution >= 0.6 is 0 Å². The molecule has 0 radical (unpaired) electrons. The van der Waals surface area contributed by atoms with E-state index in [1.54, 1.807) is 11.8 Å². The number of urea groups is 1. The van der Waals surface area contributed by atoms with E-state index in [1.165, 1.54) is 0 Å². The molecule has 9 heteroatoms. The van der Waals surface area contributed by atoms with Crippen LogP contribution in [0.5, 0.6) is 0 Å². The predicted octanol–water partition coefficient (Wildman–Crippen LogP) is -0.668. The Morgan fingerprint density at radius 2 is 2.05 bits per heavy atom. The number of carboxylic acid groups (broad SMARTS) is 1. The summed E-state index contributed by atoms with van der Waals surface area (Å²) in [7, 11) is 0. The molecule has 0 aromatic carbocycles. The average molecular weight is 297 g/mol. The lowest BCUT2D eigenvalue weighted by Crippen LogP contribution is -2.52. The average Bonchev–Trinajstić information content (AvgIpc) is 2.84. The molecule has 0 saturated carbocycles. The number of piperazine rings is 1. The van der Waals surface area contributed by atoms with Crippen molar-refractivity contribution in [2.45, 2.75) is 13.3 Å². The van der Waals surface area contributed by atoms with E-state index in [0.29, 0.717) is 50.9 Å². The minimum Gasteiger partial charge on any atom is -0.480 e. The van der Waals surface area contributed by atoms with Crippen LogP contribution in [0.4, 0.5) is 4.79 Å². The van der Waals surface area contributed by atoms with Crippen LogP contribution in [0.2, 0.25) is 0 Å². The van der Waals surface area contributed by atoms with Gasteiger partial charge in [0, 0.05) is 39.1 Å². The molecule has 0 bridgehead atoms. The molecule has 2 rings (SSSR count). The number of hydrogen-bond acceptors (Lipinski definition) is 6. The molecule has 116 valence electrons. The SMILES string of the molecule is Cc1noc(CCNC(=O)N2CCN(CC(=O)O)CC2)n1. The number of aromatic nitrogens is 2. The highest BCUT2D eigenvalue weighted by molar-refractivity contribution is 5.74. The maximum absolute atomic E-state index is 11.9. The second-order valence-corrected chi connectivity index (χ2v) is 4.87. The number of carbonyl (C=O) groups is 2. The summed E-state index contributed by atoms with van der Waals surface area (Å²) in [4.78, 5) is 30.1. The lowest BCUT2D eigenvalue weighted by atomic mass is 10.3. The summed E-state index contributed by atoms with van der Waals surface area (Å²) in [6.45, 7) is 4.38. The predicted molar refractivity (Wildman–Crippen MR) is 71.8 cm³/mol. The van der Waals surface area contributed by atoms with Crippen molar-refractivity contribution in [2.24, 2.45) is 0 Å². The third kappa shape index (κ3) is 4.71. The third-order valence-electron chi connectivity index (χ3n) is 3.20. The molecule has 9 nitrogen and oxygen atoms in total. The maximum atomic E-state index is 11.9. The van der Waals surface area contributed by atoms with Crippen LogP contribution in [-0.2, 0) is 11.2 Å². The van der Waals surface area contributed by atoms with Gasteiger partial charge in [0.2, 0.25) is 5.89 Å². The molecule has 1 aliphatic rings. The number of nitrogens with zero attached hydrogens (tertiary/aromatic N) is 4. The van der Waals surface area contributed by atoms with Crippen molar-refractivity contribution in [3.8, 4) is 0 Å². The molecule has 1 aromatic rings. The molecular weight excluding hydrogens is 278 g/mol.